The van der Waals surface area contributed by atoms with Crippen LogP contribution in [0.5, 0.6) is 0 Å². The first-order chi connectivity index (χ1) is 11.6. The number of likely N-dealkylation sites (tertiary alicyclic amines) is 1. The Balaban J connectivity index is 1.53. The SMILES string of the molecule is Cc1ccc(C(=O)N2CCC(NC(=O)c3ccccc3)CC2)cc1. The number of amides is 2. The van der Waals surface area contributed by atoms with Gasteiger partial charge in [-0.1, -0.05) is 35.9 Å². The Bertz CT molecular complexity index is 702. The van der Waals surface area contributed by atoms with Gasteiger partial charge in [0.05, 0.1) is 0 Å². The van der Waals surface area contributed by atoms with Crippen molar-refractivity contribution in [2.45, 2.75) is 25.8 Å². The van der Waals surface area contributed by atoms with Gasteiger partial charge in [-0.25, -0.2) is 0 Å². The summed E-state index contributed by atoms with van der Waals surface area (Å²) in [5.41, 5.74) is 2.55. The zero-order chi connectivity index (χ0) is 16.9. The minimum Gasteiger partial charge on any atom is -0.349 e. The smallest absolute Gasteiger partial charge is 0.253 e. The number of hydrogen-bond donors (Lipinski definition) is 1. The van der Waals surface area contributed by atoms with E-state index in [-0.39, 0.29) is 17.9 Å². The van der Waals surface area contributed by atoms with Crippen molar-refractivity contribution in [1.82, 2.24) is 10.2 Å². The van der Waals surface area contributed by atoms with Crippen molar-refractivity contribution in [1.29, 1.82) is 0 Å². The number of aryl methyl sites for hydroxylation is 1. The number of nitrogens with one attached hydrogen (secondary N) is 1. The lowest BCUT2D eigenvalue weighted by molar-refractivity contribution is 0.0698. The Hall–Kier alpha value is -2.62. The number of carbonyl (C=O) groups is 2. The van der Waals surface area contributed by atoms with Crippen LogP contribution < -0.4 is 5.32 Å². The molecule has 0 aliphatic carbocycles. The topological polar surface area (TPSA) is 49.4 Å². The predicted molar refractivity (Wildman–Crippen MR) is 94.0 cm³/mol. The van der Waals surface area contributed by atoms with Crippen molar-refractivity contribution in [3.05, 3.63) is 71.3 Å². The molecule has 124 valence electrons. The minimum absolute atomic E-state index is 0.0427. The Kier molecular flexibility index (Phi) is 4.94. The molecule has 1 N–H and O–H groups in total. The molecular weight excluding hydrogens is 300 g/mol. The van der Waals surface area contributed by atoms with Crippen molar-refractivity contribution in [3.63, 3.8) is 0 Å². The van der Waals surface area contributed by atoms with Gasteiger partial charge in [0, 0.05) is 30.3 Å². The summed E-state index contributed by atoms with van der Waals surface area (Å²) >= 11 is 0. The first kappa shape index (κ1) is 16.2. The molecule has 4 nitrogen and oxygen atoms in total. The van der Waals surface area contributed by atoms with Gasteiger partial charge in [0.1, 0.15) is 0 Å². The lowest BCUT2D eigenvalue weighted by Gasteiger charge is -2.32. The van der Waals surface area contributed by atoms with Crippen molar-refractivity contribution < 1.29 is 9.59 Å². The predicted octanol–water partition coefficient (Wildman–Crippen LogP) is 3.03. The summed E-state index contributed by atoms with van der Waals surface area (Å²) in [4.78, 5) is 26.6. The molecule has 0 radical (unpaired) electrons. The second kappa shape index (κ2) is 7.30. The van der Waals surface area contributed by atoms with E-state index in [1.165, 1.54) is 0 Å². The summed E-state index contributed by atoms with van der Waals surface area (Å²) in [6, 6.07) is 17.0. The van der Waals surface area contributed by atoms with Crippen LogP contribution >= 0.6 is 0 Å². The highest BCUT2D eigenvalue weighted by atomic mass is 16.2. The van der Waals surface area contributed by atoms with E-state index in [0.717, 1.165) is 24.0 Å². The highest BCUT2D eigenvalue weighted by Crippen LogP contribution is 2.15. The zero-order valence-corrected chi connectivity index (χ0v) is 13.9. The molecule has 1 aliphatic rings. The summed E-state index contributed by atoms with van der Waals surface area (Å²) < 4.78 is 0. The molecule has 1 aliphatic heterocycles. The van der Waals surface area contributed by atoms with Gasteiger partial charge in [-0.05, 0) is 44.0 Å². The van der Waals surface area contributed by atoms with Crippen LogP contribution in [0.4, 0.5) is 0 Å². The van der Waals surface area contributed by atoms with Crippen molar-refractivity contribution >= 4 is 11.8 Å². The first-order valence-corrected chi connectivity index (χ1v) is 8.35. The highest BCUT2D eigenvalue weighted by Gasteiger charge is 2.24. The fraction of sp³-hybridized carbons (Fsp3) is 0.300. The molecule has 0 saturated carbocycles. The number of piperidine rings is 1. The number of nitrogens with zero attached hydrogens (tertiary/aromatic N) is 1. The van der Waals surface area contributed by atoms with Gasteiger partial charge >= 0.3 is 0 Å². The quantitative estimate of drug-likeness (QED) is 0.944. The molecule has 24 heavy (non-hydrogen) atoms. The fourth-order valence-electron chi connectivity index (χ4n) is 2.96. The molecule has 1 fully saturated rings. The largest absolute Gasteiger partial charge is 0.349 e. The Labute approximate surface area is 142 Å². The molecule has 3 rings (SSSR count). The second-order valence-corrected chi connectivity index (χ2v) is 6.27. The summed E-state index contributed by atoms with van der Waals surface area (Å²) in [6.07, 6.45) is 1.58. The van der Waals surface area contributed by atoms with Crippen molar-refractivity contribution in [2.24, 2.45) is 0 Å². The van der Waals surface area contributed by atoms with Gasteiger partial charge in [-0.3, -0.25) is 9.59 Å². The second-order valence-electron chi connectivity index (χ2n) is 6.27. The summed E-state index contributed by atoms with van der Waals surface area (Å²) in [5, 5.41) is 3.06. The molecule has 0 bridgehead atoms. The average molecular weight is 322 g/mol. The summed E-state index contributed by atoms with van der Waals surface area (Å²) in [5.74, 6) is 0.0294. The Morgan fingerprint density at radius 3 is 2.17 bits per heavy atom. The number of carbonyl (C=O) groups excluding carboxylic acids is 2. The Morgan fingerprint density at radius 2 is 1.54 bits per heavy atom. The van der Waals surface area contributed by atoms with Crippen LogP contribution in [0.3, 0.4) is 0 Å². The van der Waals surface area contributed by atoms with E-state index in [2.05, 4.69) is 5.32 Å². The van der Waals surface area contributed by atoms with Gasteiger partial charge in [0.2, 0.25) is 0 Å². The van der Waals surface area contributed by atoms with Crippen LogP contribution in [0, 0.1) is 6.92 Å². The number of hydrogen-bond acceptors (Lipinski definition) is 2. The van der Waals surface area contributed by atoms with Gasteiger partial charge in [-0.15, -0.1) is 0 Å². The highest BCUT2D eigenvalue weighted by molar-refractivity contribution is 5.95. The fourth-order valence-corrected chi connectivity index (χ4v) is 2.96. The molecule has 2 amide bonds. The van der Waals surface area contributed by atoms with Crippen LogP contribution in [0.2, 0.25) is 0 Å². The van der Waals surface area contributed by atoms with Crippen molar-refractivity contribution in [2.75, 3.05) is 13.1 Å². The van der Waals surface area contributed by atoms with E-state index in [0.29, 0.717) is 18.7 Å². The third kappa shape index (κ3) is 3.82. The van der Waals surface area contributed by atoms with E-state index in [1.807, 2.05) is 66.4 Å². The molecular formula is C20H22N2O2. The average Bonchev–Trinajstić information content (AvgIpc) is 2.63. The van der Waals surface area contributed by atoms with Gasteiger partial charge in [-0.2, -0.15) is 0 Å². The minimum atomic E-state index is -0.0427. The Morgan fingerprint density at radius 1 is 0.917 bits per heavy atom. The van der Waals surface area contributed by atoms with E-state index in [4.69, 9.17) is 0 Å². The molecule has 1 saturated heterocycles. The van der Waals surface area contributed by atoms with Crippen molar-refractivity contribution in [3.8, 4) is 0 Å². The van der Waals surface area contributed by atoms with E-state index >= 15 is 0 Å². The maximum atomic E-state index is 12.5. The van der Waals surface area contributed by atoms with Crippen LogP contribution in [-0.2, 0) is 0 Å². The maximum Gasteiger partial charge on any atom is 0.253 e. The van der Waals surface area contributed by atoms with Gasteiger partial charge in [0.25, 0.3) is 11.8 Å². The first-order valence-electron chi connectivity index (χ1n) is 8.35. The molecule has 0 unspecified atom stereocenters. The van der Waals surface area contributed by atoms with Crippen LogP contribution in [0.15, 0.2) is 54.6 Å². The number of rotatable bonds is 3. The molecule has 1 heterocycles. The lowest BCUT2D eigenvalue weighted by atomic mass is 10.0. The van der Waals surface area contributed by atoms with Gasteiger partial charge < -0.3 is 10.2 Å². The molecule has 2 aromatic rings. The van der Waals surface area contributed by atoms with E-state index in [9.17, 15) is 9.59 Å². The molecule has 0 spiro atoms. The monoisotopic (exact) mass is 322 g/mol. The standard InChI is InChI=1S/C20H22N2O2/c1-15-7-9-17(10-8-15)20(24)22-13-11-18(12-14-22)21-19(23)16-5-3-2-4-6-16/h2-10,18H,11-14H2,1H3,(H,21,23). The normalized spacial score (nSPS) is 15.1. The molecule has 4 heteroatoms. The molecule has 0 atom stereocenters. The van der Waals surface area contributed by atoms with Crippen LogP contribution in [-0.4, -0.2) is 35.8 Å². The van der Waals surface area contributed by atoms with Crippen LogP contribution in [0.1, 0.15) is 39.1 Å². The lowest BCUT2D eigenvalue weighted by Crippen LogP contribution is -2.46. The summed E-state index contributed by atoms with van der Waals surface area (Å²) in [6.45, 7) is 3.36. The van der Waals surface area contributed by atoms with Gasteiger partial charge in [0.15, 0.2) is 0 Å². The van der Waals surface area contributed by atoms with E-state index < -0.39 is 0 Å². The number of benzene rings is 2. The summed E-state index contributed by atoms with van der Waals surface area (Å²) in [7, 11) is 0. The molecule has 2 aromatic carbocycles. The molecule has 0 aromatic heterocycles. The maximum absolute atomic E-state index is 12.5. The van der Waals surface area contributed by atoms with Crippen LogP contribution in [0.25, 0.3) is 0 Å². The zero-order valence-electron chi connectivity index (χ0n) is 13.9. The third-order valence-corrected chi connectivity index (χ3v) is 4.45. The third-order valence-electron chi connectivity index (χ3n) is 4.45. The van der Waals surface area contributed by atoms with E-state index in [1.54, 1.807) is 0 Å².